The van der Waals surface area contributed by atoms with Gasteiger partial charge in [-0.05, 0) is 38.5 Å². The zero-order valence-corrected chi connectivity index (χ0v) is 14.6. The van der Waals surface area contributed by atoms with E-state index in [2.05, 4.69) is 31.2 Å². The van der Waals surface area contributed by atoms with E-state index in [1.54, 1.807) is 0 Å². The van der Waals surface area contributed by atoms with E-state index in [1.165, 1.54) is 64.2 Å². The SMILES string of the molecule is CCCCCC=CC/C=C/CCCCCCCCCC(=O)O. The third kappa shape index (κ3) is 18.9. The largest absolute Gasteiger partial charge is 0.481 e. The molecule has 0 aliphatic rings. The summed E-state index contributed by atoms with van der Waals surface area (Å²) in [4.78, 5) is 10.3. The van der Waals surface area contributed by atoms with Crippen molar-refractivity contribution in [1.82, 2.24) is 0 Å². The van der Waals surface area contributed by atoms with Crippen LogP contribution in [0.25, 0.3) is 0 Å². The molecule has 0 heterocycles. The second kappa shape index (κ2) is 18.0. The van der Waals surface area contributed by atoms with Crippen LogP contribution in [0.3, 0.4) is 0 Å². The number of aliphatic carboxylic acids is 1. The van der Waals surface area contributed by atoms with Crippen LogP contribution in [0.5, 0.6) is 0 Å². The van der Waals surface area contributed by atoms with Crippen LogP contribution in [-0.4, -0.2) is 11.1 Å². The molecule has 0 rings (SSSR count). The van der Waals surface area contributed by atoms with Crippen LogP contribution in [0.2, 0.25) is 0 Å². The highest BCUT2D eigenvalue weighted by molar-refractivity contribution is 5.66. The molecular formula is C20H36O2. The predicted octanol–water partition coefficient (Wildman–Crippen LogP) is 6.66. The standard InChI is InChI=1S/C20H36O2/c1-2-3-4-5-6-7-8-9-10-11-12-13-14-15-16-17-18-19-20(21)22/h6-7,9-10H,2-5,8,11-19H2,1H3,(H,21,22)/b7-6?,10-9+. The minimum absolute atomic E-state index is 0.331. The fourth-order valence-corrected chi connectivity index (χ4v) is 2.44. The molecule has 0 aliphatic carbocycles. The highest BCUT2D eigenvalue weighted by Crippen LogP contribution is 2.10. The Kier molecular flexibility index (Phi) is 17.1. The molecule has 0 unspecified atom stereocenters. The maximum atomic E-state index is 10.3. The number of hydrogen-bond donors (Lipinski definition) is 1. The number of carbonyl (C=O) groups is 1. The summed E-state index contributed by atoms with van der Waals surface area (Å²) in [7, 11) is 0. The zero-order valence-electron chi connectivity index (χ0n) is 14.6. The van der Waals surface area contributed by atoms with Crippen LogP contribution >= 0.6 is 0 Å². The van der Waals surface area contributed by atoms with Gasteiger partial charge in [-0.2, -0.15) is 0 Å². The molecule has 0 spiro atoms. The van der Waals surface area contributed by atoms with Crippen molar-refractivity contribution in [2.24, 2.45) is 0 Å². The smallest absolute Gasteiger partial charge is 0.303 e. The molecule has 0 amide bonds. The van der Waals surface area contributed by atoms with Gasteiger partial charge in [0.2, 0.25) is 0 Å². The lowest BCUT2D eigenvalue weighted by Crippen LogP contribution is -1.93. The second-order valence-corrected chi connectivity index (χ2v) is 6.08. The summed E-state index contributed by atoms with van der Waals surface area (Å²) in [5.74, 6) is -0.664. The monoisotopic (exact) mass is 308 g/mol. The fourth-order valence-electron chi connectivity index (χ4n) is 2.44. The Morgan fingerprint density at radius 2 is 1.23 bits per heavy atom. The van der Waals surface area contributed by atoms with E-state index >= 15 is 0 Å². The first kappa shape index (κ1) is 20.9. The zero-order chi connectivity index (χ0) is 16.3. The van der Waals surface area contributed by atoms with E-state index in [4.69, 9.17) is 5.11 Å². The molecular weight excluding hydrogens is 272 g/mol. The van der Waals surface area contributed by atoms with Gasteiger partial charge in [0.15, 0.2) is 0 Å². The van der Waals surface area contributed by atoms with E-state index in [9.17, 15) is 4.79 Å². The minimum Gasteiger partial charge on any atom is -0.481 e. The van der Waals surface area contributed by atoms with Crippen molar-refractivity contribution in [2.45, 2.75) is 96.8 Å². The molecule has 0 radical (unpaired) electrons. The number of rotatable bonds is 16. The minimum atomic E-state index is -0.664. The molecule has 0 aromatic rings. The molecule has 0 saturated heterocycles. The number of unbranched alkanes of at least 4 members (excludes halogenated alkanes) is 10. The Morgan fingerprint density at radius 3 is 1.77 bits per heavy atom. The number of hydrogen-bond acceptors (Lipinski definition) is 1. The van der Waals surface area contributed by atoms with Crippen LogP contribution in [0.15, 0.2) is 24.3 Å². The number of carboxylic acids is 1. The Labute approximate surface area is 137 Å². The van der Waals surface area contributed by atoms with Crippen LogP contribution in [0.1, 0.15) is 96.8 Å². The summed E-state index contributed by atoms with van der Waals surface area (Å²) in [6, 6.07) is 0. The van der Waals surface area contributed by atoms with Crippen molar-refractivity contribution in [2.75, 3.05) is 0 Å². The third-order valence-corrected chi connectivity index (χ3v) is 3.84. The van der Waals surface area contributed by atoms with E-state index in [-0.39, 0.29) is 0 Å². The average molecular weight is 309 g/mol. The molecule has 0 atom stereocenters. The molecule has 0 aromatic carbocycles. The summed E-state index contributed by atoms with van der Waals surface area (Å²) in [6.07, 6.45) is 25.2. The van der Waals surface area contributed by atoms with E-state index in [0.717, 1.165) is 19.3 Å². The summed E-state index contributed by atoms with van der Waals surface area (Å²) in [6.45, 7) is 2.24. The molecule has 1 N–H and O–H groups in total. The van der Waals surface area contributed by atoms with Gasteiger partial charge in [-0.1, -0.05) is 76.2 Å². The topological polar surface area (TPSA) is 37.3 Å². The lowest BCUT2D eigenvalue weighted by molar-refractivity contribution is -0.137. The van der Waals surface area contributed by atoms with Crippen molar-refractivity contribution in [3.63, 3.8) is 0 Å². The average Bonchev–Trinajstić information content (AvgIpc) is 2.50. The highest BCUT2D eigenvalue weighted by Gasteiger charge is 1.96. The van der Waals surface area contributed by atoms with Crippen molar-refractivity contribution in [3.8, 4) is 0 Å². The first-order valence-corrected chi connectivity index (χ1v) is 9.29. The van der Waals surface area contributed by atoms with Gasteiger partial charge in [-0.3, -0.25) is 4.79 Å². The van der Waals surface area contributed by atoms with Crippen LogP contribution in [-0.2, 0) is 4.79 Å². The summed E-state index contributed by atoms with van der Waals surface area (Å²) >= 11 is 0. The molecule has 22 heavy (non-hydrogen) atoms. The van der Waals surface area contributed by atoms with Gasteiger partial charge < -0.3 is 5.11 Å². The van der Waals surface area contributed by atoms with Crippen molar-refractivity contribution in [3.05, 3.63) is 24.3 Å². The summed E-state index contributed by atoms with van der Waals surface area (Å²) < 4.78 is 0. The van der Waals surface area contributed by atoms with Crippen LogP contribution in [0, 0.1) is 0 Å². The first-order chi connectivity index (χ1) is 10.8. The van der Waals surface area contributed by atoms with Gasteiger partial charge in [0.25, 0.3) is 0 Å². The summed E-state index contributed by atoms with van der Waals surface area (Å²) in [5, 5.41) is 8.53. The lowest BCUT2D eigenvalue weighted by Gasteiger charge is -2.00. The molecule has 128 valence electrons. The molecule has 0 aromatic heterocycles. The molecule has 0 bridgehead atoms. The maximum Gasteiger partial charge on any atom is 0.303 e. The van der Waals surface area contributed by atoms with Gasteiger partial charge in [0.05, 0.1) is 0 Å². The van der Waals surface area contributed by atoms with Gasteiger partial charge in [-0.15, -0.1) is 0 Å². The quantitative estimate of drug-likeness (QED) is 0.255. The van der Waals surface area contributed by atoms with E-state index in [1.807, 2.05) is 0 Å². The van der Waals surface area contributed by atoms with Crippen LogP contribution < -0.4 is 0 Å². The van der Waals surface area contributed by atoms with Crippen molar-refractivity contribution < 1.29 is 9.90 Å². The van der Waals surface area contributed by atoms with E-state index in [0.29, 0.717) is 6.42 Å². The Morgan fingerprint density at radius 1 is 0.727 bits per heavy atom. The van der Waals surface area contributed by atoms with Gasteiger partial charge in [0.1, 0.15) is 0 Å². The second-order valence-electron chi connectivity index (χ2n) is 6.08. The predicted molar refractivity (Wildman–Crippen MR) is 96.2 cm³/mol. The Bertz CT molecular complexity index is 292. The van der Waals surface area contributed by atoms with Crippen LogP contribution in [0.4, 0.5) is 0 Å². The highest BCUT2D eigenvalue weighted by atomic mass is 16.4. The third-order valence-electron chi connectivity index (χ3n) is 3.84. The first-order valence-electron chi connectivity index (χ1n) is 9.29. The number of allylic oxidation sites excluding steroid dienone is 4. The molecule has 2 heteroatoms. The number of carboxylic acid groups (broad SMARTS) is 1. The fraction of sp³-hybridized carbons (Fsp3) is 0.750. The Hall–Kier alpha value is -1.05. The van der Waals surface area contributed by atoms with Gasteiger partial charge in [0, 0.05) is 6.42 Å². The molecule has 0 saturated carbocycles. The van der Waals surface area contributed by atoms with E-state index < -0.39 is 5.97 Å². The van der Waals surface area contributed by atoms with Crippen molar-refractivity contribution in [1.29, 1.82) is 0 Å². The molecule has 0 fully saturated rings. The Balaban J connectivity index is 3.15. The molecule has 0 aliphatic heterocycles. The van der Waals surface area contributed by atoms with Gasteiger partial charge >= 0.3 is 5.97 Å². The van der Waals surface area contributed by atoms with Crippen molar-refractivity contribution >= 4 is 5.97 Å². The lowest BCUT2D eigenvalue weighted by atomic mass is 10.1. The normalized spacial score (nSPS) is 11.7. The maximum absolute atomic E-state index is 10.3. The molecule has 2 nitrogen and oxygen atoms in total. The summed E-state index contributed by atoms with van der Waals surface area (Å²) in [5.41, 5.74) is 0. The van der Waals surface area contributed by atoms with Gasteiger partial charge in [-0.25, -0.2) is 0 Å².